The van der Waals surface area contributed by atoms with E-state index in [0.717, 1.165) is 25.9 Å². The standard InChI is InChI=1S/C14H17ClN2O3/c15-10-4-1-5-11(13(10)14(19)20)17-12(18)7-9-3-2-6-16-8-9/h1,4-5,9,16H,2-3,6-8H2,(H,17,18)(H,19,20). The molecule has 1 aliphatic rings. The first kappa shape index (κ1) is 14.8. The number of hydrogen-bond acceptors (Lipinski definition) is 3. The van der Waals surface area contributed by atoms with Crippen molar-refractivity contribution in [1.82, 2.24) is 5.32 Å². The Bertz CT molecular complexity index is 513. The van der Waals surface area contributed by atoms with Crippen LogP contribution in [-0.2, 0) is 4.79 Å². The summed E-state index contributed by atoms with van der Waals surface area (Å²) in [6.07, 6.45) is 2.47. The molecule has 1 aromatic rings. The Labute approximate surface area is 122 Å². The lowest BCUT2D eigenvalue weighted by molar-refractivity contribution is -0.117. The summed E-state index contributed by atoms with van der Waals surface area (Å²) in [5, 5.41) is 15.2. The molecule has 1 aliphatic heterocycles. The van der Waals surface area contributed by atoms with Gasteiger partial charge in [0.1, 0.15) is 5.56 Å². The van der Waals surface area contributed by atoms with Crippen LogP contribution in [0.15, 0.2) is 18.2 Å². The first-order valence-electron chi connectivity index (χ1n) is 6.60. The van der Waals surface area contributed by atoms with Crippen LogP contribution in [0.5, 0.6) is 0 Å². The highest BCUT2D eigenvalue weighted by molar-refractivity contribution is 6.34. The number of piperidine rings is 1. The summed E-state index contributed by atoms with van der Waals surface area (Å²) in [5.41, 5.74) is 0.183. The van der Waals surface area contributed by atoms with Crippen LogP contribution in [0.25, 0.3) is 0 Å². The Morgan fingerprint density at radius 1 is 1.45 bits per heavy atom. The second-order valence-electron chi connectivity index (χ2n) is 4.93. The van der Waals surface area contributed by atoms with E-state index in [4.69, 9.17) is 16.7 Å². The molecule has 1 fully saturated rings. The normalized spacial score (nSPS) is 18.6. The summed E-state index contributed by atoms with van der Waals surface area (Å²) in [5.74, 6) is -1.02. The van der Waals surface area contributed by atoms with Crippen LogP contribution in [0.1, 0.15) is 29.6 Å². The van der Waals surface area contributed by atoms with Crippen molar-refractivity contribution in [2.24, 2.45) is 5.92 Å². The molecule has 1 saturated heterocycles. The number of halogens is 1. The molecule has 5 nitrogen and oxygen atoms in total. The number of carbonyl (C=O) groups excluding carboxylic acids is 1. The van der Waals surface area contributed by atoms with Gasteiger partial charge in [0.05, 0.1) is 10.7 Å². The fraction of sp³-hybridized carbons (Fsp3) is 0.429. The molecular formula is C14H17ClN2O3. The van der Waals surface area contributed by atoms with Gasteiger partial charge in [-0.25, -0.2) is 4.79 Å². The average Bonchev–Trinajstić information content (AvgIpc) is 2.39. The third-order valence-electron chi connectivity index (χ3n) is 3.37. The van der Waals surface area contributed by atoms with Gasteiger partial charge >= 0.3 is 5.97 Å². The summed E-state index contributed by atoms with van der Waals surface area (Å²) in [7, 11) is 0. The molecule has 20 heavy (non-hydrogen) atoms. The van der Waals surface area contributed by atoms with Gasteiger partial charge in [-0.1, -0.05) is 17.7 Å². The van der Waals surface area contributed by atoms with Gasteiger partial charge in [-0.2, -0.15) is 0 Å². The third kappa shape index (κ3) is 3.71. The van der Waals surface area contributed by atoms with Crippen molar-refractivity contribution in [2.75, 3.05) is 18.4 Å². The zero-order valence-corrected chi connectivity index (χ0v) is 11.7. The number of nitrogens with one attached hydrogen (secondary N) is 2. The van der Waals surface area contributed by atoms with Crippen molar-refractivity contribution >= 4 is 29.2 Å². The van der Waals surface area contributed by atoms with E-state index >= 15 is 0 Å². The van der Waals surface area contributed by atoms with E-state index in [9.17, 15) is 9.59 Å². The number of rotatable bonds is 4. The third-order valence-corrected chi connectivity index (χ3v) is 3.69. The summed E-state index contributed by atoms with van der Waals surface area (Å²) in [6, 6.07) is 4.66. The number of hydrogen-bond donors (Lipinski definition) is 3. The summed E-state index contributed by atoms with van der Waals surface area (Å²) >= 11 is 5.86. The zero-order valence-electron chi connectivity index (χ0n) is 11.0. The molecule has 1 aromatic carbocycles. The van der Waals surface area contributed by atoms with E-state index in [1.807, 2.05) is 0 Å². The van der Waals surface area contributed by atoms with Gasteiger partial charge in [-0.15, -0.1) is 0 Å². The molecule has 1 unspecified atom stereocenters. The molecular weight excluding hydrogens is 280 g/mol. The lowest BCUT2D eigenvalue weighted by atomic mass is 9.96. The largest absolute Gasteiger partial charge is 0.478 e. The molecule has 0 radical (unpaired) electrons. The van der Waals surface area contributed by atoms with Crippen molar-refractivity contribution in [1.29, 1.82) is 0 Å². The van der Waals surface area contributed by atoms with Crippen LogP contribution >= 0.6 is 11.6 Å². The molecule has 1 atom stereocenters. The van der Waals surface area contributed by atoms with E-state index in [0.29, 0.717) is 12.3 Å². The molecule has 3 N–H and O–H groups in total. The highest BCUT2D eigenvalue weighted by Gasteiger charge is 2.19. The van der Waals surface area contributed by atoms with E-state index < -0.39 is 5.97 Å². The smallest absolute Gasteiger partial charge is 0.339 e. The van der Waals surface area contributed by atoms with Crippen LogP contribution in [0.3, 0.4) is 0 Å². The van der Waals surface area contributed by atoms with Crippen LogP contribution in [0, 0.1) is 5.92 Å². The fourth-order valence-corrected chi connectivity index (χ4v) is 2.66. The van der Waals surface area contributed by atoms with E-state index in [1.54, 1.807) is 12.1 Å². The van der Waals surface area contributed by atoms with Gasteiger partial charge in [0.2, 0.25) is 5.91 Å². The number of carboxylic acids is 1. The average molecular weight is 297 g/mol. The molecule has 2 rings (SSSR count). The predicted molar refractivity (Wildman–Crippen MR) is 77.3 cm³/mol. The molecule has 0 saturated carbocycles. The first-order chi connectivity index (χ1) is 9.58. The quantitative estimate of drug-likeness (QED) is 0.797. The molecule has 0 aliphatic carbocycles. The van der Waals surface area contributed by atoms with Crippen molar-refractivity contribution < 1.29 is 14.7 Å². The highest BCUT2D eigenvalue weighted by atomic mass is 35.5. The van der Waals surface area contributed by atoms with Crippen molar-refractivity contribution in [2.45, 2.75) is 19.3 Å². The molecule has 1 heterocycles. The number of carbonyl (C=O) groups is 2. The van der Waals surface area contributed by atoms with Gasteiger partial charge in [0.15, 0.2) is 0 Å². The molecule has 0 aromatic heterocycles. The van der Waals surface area contributed by atoms with Crippen LogP contribution in [0.2, 0.25) is 5.02 Å². The lowest BCUT2D eigenvalue weighted by Crippen LogP contribution is -2.32. The fourth-order valence-electron chi connectivity index (χ4n) is 2.41. The number of anilines is 1. The molecule has 108 valence electrons. The molecule has 1 amide bonds. The van der Waals surface area contributed by atoms with Crippen molar-refractivity contribution in [3.8, 4) is 0 Å². The number of amides is 1. The maximum atomic E-state index is 12.0. The Morgan fingerprint density at radius 3 is 2.90 bits per heavy atom. The predicted octanol–water partition coefficient (Wildman–Crippen LogP) is 2.37. The van der Waals surface area contributed by atoms with Gasteiger partial charge < -0.3 is 15.7 Å². The number of aromatic carboxylic acids is 1. The number of carboxylic acid groups (broad SMARTS) is 1. The van der Waals surface area contributed by atoms with Crippen LogP contribution in [-0.4, -0.2) is 30.1 Å². The lowest BCUT2D eigenvalue weighted by Gasteiger charge is -2.22. The summed E-state index contributed by atoms with van der Waals surface area (Å²) < 4.78 is 0. The second-order valence-corrected chi connectivity index (χ2v) is 5.34. The summed E-state index contributed by atoms with van der Waals surface area (Å²) in [6.45, 7) is 1.82. The highest BCUT2D eigenvalue weighted by Crippen LogP contribution is 2.25. The number of benzene rings is 1. The zero-order chi connectivity index (χ0) is 14.5. The molecule has 0 spiro atoms. The minimum absolute atomic E-state index is 0.0655. The van der Waals surface area contributed by atoms with Crippen LogP contribution in [0.4, 0.5) is 5.69 Å². The first-order valence-corrected chi connectivity index (χ1v) is 6.98. The van der Waals surface area contributed by atoms with E-state index in [-0.39, 0.29) is 22.2 Å². The van der Waals surface area contributed by atoms with Crippen molar-refractivity contribution in [3.63, 3.8) is 0 Å². The SMILES string of the molecule is O=C(CC1CCCNC1)Nc1cccc(Cl)c1C(=O)O. The second kappa shape index (κ2) is 6.72. The van der Waals surface area contributed by atoms with Gasteiger partial charge in [0, 0.05) is 6.42 Å². The monoisotopic (exact) mass is 296 g/mol. The van der Waals surface area contributed by atoms with Gasteiger partial charge in [0.25, 0.3) is 0 Å². The maximum absolute atomic E-state index is 12.0. The Morgan fingerprint density at radius 2 is 2.25 bits per heavy atom. The summed E-state index contributed by atoms with van der Waals surface area (Å²) in [4.78, 5) is 23.2. The molecule has 6 heteroatoms. The van der Waals surface area contributed by atoms with Crippen LogP contribution < -0.4 is 10.6 Å². The van der Waals surface area contributed by atoms with Gasteiger partial charge in [-0.3, -0.25) is 4.79 Å². The molecule has 0 bridgehead atoms. The van der Waals surface area contributed by atoms with E-state index in [2.05, 4.69) is 10.6 Å². The van der Waals surface area contributed by atoms with Crippen molar-refractivity contribution in [3.05, 3.63) is 28.8 Å². The minimum atomic E-state index is -1.15. The Kier molecular flexibility index (Phi) is 4.98. The topological polar surface area (TPSA) is 78.4 Å². The van der Waals surface area contributed by atoms with E-state index in [1.165, 1.54) is 6.07 Å². The maximum Gasteiger partial charge on any atom is 0.339 e. The van der Waals surface area contributed by atoms with Gasteiger partial charge in [-0.05, 0) is 44.0 Å². The Hall–Kier alpha value is -1.59. The minimum Gasteiger partial charge on any atom is -0.478 e. The Balaban J connectivity index is 2.04.